The van der Waals surface area contributed by atoms with E-state index in [0.717, 1.165) is 25.9 Å². The van der Waals surface area contributed by atoms with Crippen LogP contribution in [0.1, 0.15) is 219 Å². The van der Waals surface area contributed by atoms with Crippen LogP contribution in [0.15, 0.2) is 0 Å². The van der Waals surface area contributed by atoms with Crippen molar-refractivity contribution in [3.8, 4) is 0 Å². The fourth-order valence-electron chi connectivity index (χ4n) is 5.78. The van der Waals surface area contributed by atoms with Crippen LogP contribution >= 0.6 is 0 Å². The molecule has 0 N–H and O–H groups in total. The Hall–Kier alpha value is -0.0800. The van der Waals surface area contributed by atoms with E-state index in [1.54, 1.807) is 0 Å². The van der Waals surface area contributed by atoms with Crippen molar-refractivity contribution >= 4 is 0 Å². The van der Waals surface area contributed by atoms with Crippen LogP contribution < -0.4 is 0 Å². The molecule has 0 aromatic rings. The molecule has 230 valence electrons. The van der Waals surface area contributed by atoms with Gasteiger partial charge in [-0.15, -0.1) is 0 Å². The van der Waals surface area contributed by atoms with E-state index in [4.69, 9.17) is 0 Å². The highest BCUT2D eigenvalue weighted by Gasteiger charge is 1.98. The molecule has 0 bridgehead atoms. The van der Waals surface area contributed by atoms with Crippen molar-refractivity contribution in [1.29, 1.82) is 0 Å². The van der Waals surface area contributed by atoms with E-state index >= 15 is 0 Å². The smallest absolute Gasteiger partial charge is 0.0145 e. The van der Waals surface area contributed by atoms with E-state index in [2.05, 4.69) is 13.8 Å². The molecule has 0 aliphatic carbocycles. The summed E-state index contributed by atoms with van der Waals surface area (Å²) in [6.07, 6.45) is 44.5. The summed E-state index contributed by atoms with van der Waals surface area (Å²) >= 11 is 0. The third kappa shape index (κ3) is 33.9. The number of unbranched alkanes of at least 4 members (excludes halogenated alkanes) is 30. The minimum Gasteiger partial charge on any atom is -0.785 e. The maximum absolute atomic E-state index is 12.1. The Bertz CT molecular complexity index is 363. The molecule has 0 unspecified atom stereocenters. The average Bonchev–Trinajstić information content (AvgIpc) is 2.92. The molecule has 38 heavy (non-hydrogen) atoms. The van der Waals surface area contributed by atoms with Gasteiger partial charge < -0.3 is 10.3 Å². The normalized spacial score (nSPS) is 11.7. The first-order valence-corrected chi connectivity index (χ1v) is 18.2. The van der Waals surface area contributed by atoms with Gasteiger partial charge in [-0.2, -0.15) is 0 Å². The van der Waals surface area contributed by atoms with Gasteiger partial charge in [0.1, 0.15) is 0 Å². The van der Waals surface area contributed by atoms with Crippen LogP contribution in [0.4, 0.5) is 0 Å². The van der Waals surface area contributed by atoms with Crippen LogP contribution in [0.3, 0.4) is 0 Å². The first-order valence-electron chi connectivity index (χ1n) is 18.2. The lowest BCUT2D eigenvalue weighted by Crippen LogP contribution is -2.18. The molecule has 0 atom stereocenters. The Balaban J connectivity index is 3.13. The van der Waals surface area contributed by atoms with Crippen LogP contribution in [-0.4, -0.2) is 18.2 Å². The lowest BCUT2D eigenvalue weighted by Gasteiger charge is -2.28. The number of hydrogen-bond acceptors (Lipinski definition) is 2. The minimum absolute atomic E-state index is 0.761. The average molecular weight is 537 g/mol. The van der Waals surface area contributed by atoms with E-state index in [9.17, 15) is 5.21 Å². The van der Waals surface area contributed by atoms with Crippen molar-refractivity contribution in [2.45, 2.75) is 219 Å². The maximum Gasteiger partial charge on any atom is -0.0145 e. The zero-order valence-electron chi connectivity index (χ0n) is 26.9. The van der Waals surface area contributed by atoms with Gasteiger partial charge in [-0.05, 0) is 25.9 Å². The van der Waals surface area contributed by atoms with Gasteiger partial charge in [0.2, 0.25) is 0 Å². The van der Waals surface area contributed by atoms with Crippen molar-refractivity contribution in [1.82, 2.24) is 5.06 Å². The summed E-state index contributed by atoms with van der Waals surface area (Å²) in [5, 5.41) is 13.4. The molecule has 0 aliphatic heterocycles. The van der Waals surface area contributed by atoms with Crippen molar-refractivity contribution < 1.29 is 0 Å². The lowest BCUT2D eigenvalue weighted by molar-refractivity contribution is 0.350. The third-order valence-corrected chi connectivity index (χ3v) is 8.52. The summed E-state index contributed by atoms with van der Waals surface area (Å²) in [6, 6.07) is 0. The molecule has 2 nitrogen and oxygen atoms in total. The molecule has 0 aromatic carbocycles. The predicted molar refractivity (Wildman–Crippen MR) is 174 cm³/mol. The molecule has 0 amide bonds. The highest BCUT2D eigenvalue weighted by molar-refractivity contribution is 4.59. The van der Waals surface area contributed by atoms with E-state index < -0.39 is 0 Å². The lowest BCUT2D eigenvalue weighted by atomic mass is 10.0. The molecule has 2 heteroatoms. The molecule has 0 fully saturated rings. The minimum atomic E-state index is 0.761. The summed E-state index contributed by atoms with van der Waals surface area (Å²) in [5.74, 6) is 0. The Labute approximate surface area is 242 Å². The second-order valence-electron chi connectivity index (χ2n) is 12.5. The fourth-order valence-corrected chi connectivity index (χ4v) is 5.78. The van der Waals surface area contributed by atoms with Gasteiger partial charge in [-0.3, -0.25) is 0 Å². The summed E-state index contributed by atoms with van der Waals surface area (Å²) in [6.45, 7) is 6.11. The van der Waals surface area contributed by atoms with Crippen LogP contribution in [0.2, 0.25) is 0 Å². The highest BCUT2D eigenvalue weighted by Crippen LogP contribution is 2.15. The molecule has 0 radical (unpaired) electrons. The third-order valence-electron chi connectivity index (χ3n) is 8.52. The van der Waals surface area contributed by atoms with E-state index in [0.29, 0.717) is 0 Å². The topological polar surface area (TPSA) is 26.3 Å². The maximum atomic E-state index is 12.1. The molecule has 0 heterocycles. The van der Waals surface area contributed by atoms with Crippen LogP contribution in [0.5, 0.6) is 0 Å². The van der Waals surface area contributed by atoms with Crippen molar-refractivity contribution in [2.75, 3.05) is 13.1 Å². The van der Waals surface area contributed by atoms with Gasteiger partial charge in [0.05, 0.1) is 0 Å². The summed E-state index contributed by atoms with van der Waals surface area (Å²) in [4.78, 5) is 0. The van der Waals surface area contributed by atoms with Gasteiger partial charge in [-0.1, -0.05) is 206 Å². The number of nitrogens with zero attached hydrogens (tertiary/aromatic N) is 1. The van der Waals surface area contributed by atoms with Crippen molar-refractivity contribution in [3.63, 3.8) is 0 Å². The second-order valence-corrected chi connectivity index (χ2v) is 12.5. The molecule has 0 aliphatic rings. The Morgan fingerprint density at radius 1 is 0.263 bits per heavy atom. The predicted octanol–water partition coefficient (Wildman–Crippen LogP) is 13.3. The Kier molecular flexibility index (Phi) is 34.9. The van der Waals surface area contributed by atoms with Crippen LogP contribution in [0.25, 0.3) is 0 Å². The summed E-state index contributed by atoms with van der Waals surface area (Å²) in [5.41, 5.74) is 0. The zero-order valence-corrected chi connectivity index (χ0v) is 26.9. The quantitative estimate of drug-likeness (QED) is 0.0603. The molecule has 0 aromatic heterocycles. The highest BCUT2D eigenvalue weighted by atomic mass is 16.5. The molecule has 0 saturated heterocycles. The first-order chi connectivity index (χ1) is 18.8. The van der Waals surface area contributed by atoms with Crippen LogP contribution in [0, 0.1) is 5.21 Å². The molecular formula is C36H74NO-. The van der Waals surface area contributed by atoms with Gasteiger partial charge in [-0.25, -0.2) is 0 Å². The molecule has 0 saturated carbocycles. The van der Waals surface area contributed by atoms with Crippen molar-refractivity contribution in [3.05, 3.63) is 5.21 Å². The van der Waals surface area contributed by atoms with Gasteiger partial charge in [0, 0.05) is 0 Å². The summed E-state index contributed by atoms with van der Waals surface area (Å²) < 4.78 is 0. The zero-order chi connectivity index (χ0) is 27.6. The largest absolute Gasteiger partial charge is 0.785 e. The Morgan fingerprint density at radius 2 is 0.421 bits per heavy atom. The number of hydroxylamine groups is 2. The van der Waals surface area contributed by atoms with Crippen molar-refractivity contribution in [2.24, 2.45) is 0 Å². The second kappa shape index (κ2) is 34.9. The fraction of sp³-hybridized carbons (Fsp3) is 1.00. The summed E-state index contributed by atoms with van der Waals surface area (Å²) in [7, 11) is 0. The van der Waals surface area contributed by atoms with E-state index in [1.807, 2.05) is 0 Å². The molecule has 0 rings (SSSR count). The monoisotopic (exact) mass is 537 g/mol. The van der Waals surface area contributed by atoms with Gasteiger partial charge in [0.15, 0.2) is 0 Å². The molecule has 0 spiro atoms. The van der Waals surface area contributed by atoms with Gasteiger partial charge >= 0.3 is 0 Å². The van der Waals surface area contributed by atoms with Crippen LogP contribution in [-0.2, 0) is 0 Å². The first kappa shape index (κ1) is 37.9. The van der Waals surface area contributed by atoms with E-state index in [1.165, 1.54) is 198 Å². The van der Waals surface area contributed by atoms with Gasteiger partial charge in [0.25, 0.3) is 0 Å². The van der Waals surface area contributed by atoms with E-state index in [-0.39, 0.29) is 0 Å². The standard InChI is InChI=1S/C36H74NO/c1-3-5-7-9-11-13-15-17-19-21-23-25-27-29-31-33-35-37(38)36-34-32-30-28-26-24-22-20-18-16-14-12-10-8-6-4-2/h3-36H2,1-2H3/q-1. The number of hydrogen-bond donors (Lipinski definition) is 0. The SMILES string of the molecule is CCCCCCCCCCCCCCCCCCN([O-])CCCCCCCCCCCCCCCCCC. The molecular weight excluding hydrogens is 462 g/mol. The Morgan fingerprint density at radius 3 is 0.605 bits per heavy atom. The number of rotatable bonds is 34.